The molecule has 0 saturated carbocycles. The molecule has 0 spiro atoms. The summed E-state index contributed by atoms with van der Waals surface area (Å²) in [6.07, 6.45) is 0. The minimum Gasteiger partial charge on any atom is -0.496 e. The SMILES string of the molecule is COC(=O)CNC(C#N)c1ccccc1OC. The summed E-state index contributed by atoms with van der Waals surface area (Å²) in [7, 11) is 2.84. The van der Waals surface area contributed by atoms with Crippen molar-refractivity contribution in [2.24, 2.45) is 0 Å². The van der Waals surface area contributed by atoms with E-state index in [0.717, 1.165) is 0 Å². The second kappa shape index (κ2) is 6.51. The van der Waals surface area contributed by atoms with Crippen LogP contribution in [0.2, 0.25) is 0 Å². The van der Waals surface area contributed by atoms with Crippen LogP contribution in [-0.2, 0) is 9.53 Å². The van der Waals surface area contributed by atoms with Crippen LogP contribution in [0.3, 0.4) is 0 Å². The monoisotopic (exact) mass is 234 g/mol. The maximum Gasteiger partial charge on any atom is 0.319 e. The van der Waals surface area contributed by atoms with Gasteiger partial charge in [-0.25, -0.2) is 0 Å². The van der Waals surface area contributed by atoms with Crippen LogP contribution in [0, 0.1) is 11.3 Å². The molecule has 1 rings (SSSR count). The third-order valence-electron chi connectivity index (χ3n) is 2.26. The Morgan fingerprint density at radius 1 is 1.47 bits per heavy atom. The molecule has 17 heavy (non-hydrogen) atoms. The van der Waals surface area contributed by atoms with E-state index in [9.17, 15) is 4.79 Å². The molecule has 0 bridgehead atoms. The predicted molar refractivity (Wildman–Crippen MR) is 61.4 cm³/mol. The second-order valence-corrected chi connectivity index (χ2v) is 3.26. The summed E-state index contributed by atoms with van der Waals surface area (Å²) in [5.74, 6) is 0.191. The third-order valence-corrected chi connectivity index (χ3v) is 2.26. The number of nitriles is 1. The van der Waals surface area contributed by atoms with Gasteiger partial charge in [-0.15, -0.1) is 0 Å². The Morgan fingerprint density at radius 2 is 2.18 bits per heavy atom. The smallest absolute Gasteiger partial charge is 0.319 e. The van der Waals surface area contributed by atoms with Crippen molar-refractivity contribution in [1.82, 2.24) is 5.32 Å². The number of para-hydroxylation sites is 1. The van der Waals surface area contributed by atoms with Crippen LogP contribution in [0.1, 0.15) is 11.6 Å². The maximum atomic E-state index is 11.0. The van der Waals surface area contributed by atoms with Gasteiger partial charge in [0.1, 0.15) is 11.8 Å². The van der Waals surface area contributed by atoms with Gasteiger partial charge in [-0.1, -0.05) is 18.2 Å². The van der Waals surface area contributed by atoms with Crippen molar-refractivity contribution in [2.75, 3.05) is 20.8 Å². The first-order valence-electron chi connectivity index (χ1n) is 5.05. The van der Waals surface area contributed by atoms with E-state index in [-0.39, 0.29) is 6.54 Å². The van der Waals surface area contributed by atoms with Gasteiger partial charge in [0.25, 0.3) is 0 Å². The highest BCUT2D eigenvalue weighted by molar-refractivity contribution is 5.71. The summed E-state index contributed by atoms with van der Waals surface area (Å²) in [4.78, 5) is 11.0. The van der Waals surface area contributed by atoms with Gasteiger partial charge in [0.15, 0.2) is 0 Å². The van der Waals surface area contributed by atoms with Crippen LogP contribution in [-0.4, -0.2) is 26.7 Å². The van der Waals surface area contributed by atoms with Gasteiger partial charge >= 0.3 is 5.97 Å². The van der Waals surface area contributed by atoms with Gasteiger partial charge < -0.3 is 9.47 Å². The van der Waals surface area contributed by atoms with E-state index in [0.29, 0.717) is 11.3 Å². The molecule has 1 unspecified atom stereocenters. The first-order valence-corrected chi connectivity index (χ1v) is 5.05. The number of hydrogen-bond acceptors (Lipinski definition) is 5. The van der Waals surface area contributed by atoms with Crippen molar-refractivity contribution in [3.05, 3.63) is 29.8 Å². The van der Waals surface area contributed by atoms with E-state index in [1.54, 1.807) is 12.1 Å². The molecule has 1 aromatic carbocycles. The Bertz CT molecular complexity index is 426. The highest BCUT2D eigenvalue weighted by atomic mass is 16.5. The topological polar surface area (TPSA) is 71.3 Å². The Hall–Kier alpha value is -2.06. The lowest BCUT2D eigenvalue weighted by atomic mass is 10.1. The number of rotatable bonds is 5. The van der Waals surface area contributed by atoms with E-state index in [2.05, 4.69) is 16.1 Å². The summed E-state index contributed by atoms with van der Waals surface area (Å²) in [6, 6.07) is 8.63. The van der Waals surface area contributed by atoms with E-state index in [1.807, 2.05) is 12.1 Å². The number of carbonyl (C=O) groups is 1. The number of hydrogen-bond donors (Lipinski definition) is 1. The van der Waals surface area contributed by atoms with Crippen molar-refractivity contribution < 1.29 is 14.3 Å². The average molecular weight is 234 g/mol. The molecule has 90 valence electrons. The molecule has 5 heteroatoms. The minimum absolute atomic E-state index is 0.0211. The molecule has 0 aliphatic heterocycles. The summed E-state index contributed by atoms with van der Waals surface area (Å²) < 4.78 is 9.65. The van der Waals surface area contributed by atoms with Gasteiger partial charge in [-0.05, 0) is 6.07 Å². The van der Waals surface area contributed by atoms with Crippen LogP contribution < -0.4 is 10.1 Å². The fourth-order valence-electron chi connectivity index (χ4n) is 1.39. The molecule has 0 fully saturated rings. The molecular formula is C12H14N2O3. The summed E-state index contributed by atoms with van der Waals surface area (Å²) in [5.41, 5.74) is 0.696. The van der Waals surface area contributed by atoms with Gasteiger partial charge in [0, 0.05) is 5.56 Å². The molecule has 0 aliphatic carbocycles. The molecule has 5 nitrogen and oxygen atoms in total. The fraction of sp³-hybridized carbons (Fsp3) is 0.333. The van der Waals surface area contributed by atoms with Gasteiger partial charge in [-0.3, -0.25) is 10.1 Å². The molecule has 0 radical (unpaired) electrons. The Balaban J connectivity index is 2.80. The van der Waals surface area contributed by atoms with Crippen molar-refractivity contribution in [3.63, 3.8) is 0 Å². The molecule has 0 aromatic heterocycles. The first kappa shape index (κ1) is 13.0. The quantitative estimate of drug-likeness (QED) is 0.770. The fourth-order valence-corrected chi connectivity index (χ4v) is 1.39. The zero-order chi connectivity index (χ0) is 12.7. The van der Waals surface area contributed by atoms with E-state index in [4.69, 9.17) is 10.00 Å². The zero-order valence-corrected chi connectivity index (χ0v) is 9.77. The minimum atomic E-state index is -0.606. The van der Waals surface area contributed by atoms with Crippen LogP contribution >= 0.6 is 0 Å². The molecule has 1 N–H and O–H groups in total. The number of nitrogens with one attached hydrogen (secondary N) is 1. The van der Waals surface area contributed by atoms with Crippen molar-refractivity contribution in [2.45, 2.75) is 6.04 Å². The number of methoxy groups -OCH3 is 2. The van der Waals surface area contributed by atoms with Crippen LogP contribution in [0.5, 0.6) is 5.75 Å². The number of esters is 1. The zero-order valence-electron chi connectivity index (χ0n) is 9.77. The van der Waals surface area contributed by atoms with E-state index in [1.165, 1.54) is 14.2 Å². The Kier molecular flexibility index (Phi) is 4.98. The molecular weight excluding hydrogens is 220 g/mol. The summed E-state index contributed by atoms with van der Waals surface area (Å²) >= 11 is 0. The summed E-state index contributed by atoms with van der Waals surface area (Å²) in [6.45, 7) is -0.0211. The predicted octanol–water partition coefficient (Wildman–Crippen LogP) is 1.02. The molecule has 0 aliphatic rings. The van der Waals surface area contributed by atoms with Gasteiger partial charge in [0.2, 0.25) is 0 Å². The normalized spacial score (nSPS) is 11.4. The number of benzene rings is 1. The van der Waals surface area contributed by atoms with E-state index < -0.39 is 12.0 Å². The van der Waals surface area contributed by atoms with Gasteiger partial charge in [-0.2, -0.15) is 5.26 Å². The summed E-state index contributed by atoms with van der Waals surface area (Å²) in [5, 5.41) is 11.9. The van der Waals surface area contributed by atoms with Crippen molar-refractivity contribution in [3.8, 4) is 11.8 Å². The lowest BCUT2D eigenvalue weighted by Crippen LogP contribution is -2.27. The largest absolute Gasteiger partial charge is 0.496 e. The molecule has 0 amide bonds. The lowest BCUT2D eigenvalue weighted by Gasteiger charge is -2.14. The highest BCUT2D eigenvalue weighted by Gasteiger charge is 2.15. The van der Waals surface area contributed by atoms with Crippen molar-refractivity contribution >= 4 is 5.97 Å². The average Bonchev–Trinajstić information content (AvgIpc) is 2.39. The standard InChI is InChI=1S/C12H14N2O3/c1-16-11-6-4-3-5-9(11)10(7-13)14-8-12(15)17-2/h3-6,10,14H,8H2,1-2H3. The van der Waals surface area contributed by atoms with Gasteiger partial charge in [0.05, 0.1) is 26.8 Å². The maximum absolute atomic E-state index is 11.0. The number of ether oxygens (including phenoxy) is 2. The van der Waals surface area contributed by atoms with Crippen molar-refractivity contribution in [1.29, 1.82) is 5.26 Å². The number of carbonyl (C=O) groups excluding carboxylic acids is 1. The van der Waals surface area contributed by atoms with E-state index >= 15 is 0 Å². The number of nitrogens with zero attached hydrogens (tertiary/aromatic N) is 1. The van der Waals surface area contributed by atoms with Crippen LogP contribution in [0.15, 0.2) is 24.3 Å². The Labute approximate surface area is 100.0 Å². The Morgan fingerprint density at radius 3 is 2.76 bits per heavy atom. The second-order valence-electron chi connectivity index (χ2n) is 3.26. The van der Waals surface area contributed by atoms with Crippen LogP contribution in [0.25, 0.3) is 0 Å². The van der Waals surface area contributed by atoms with Crippen LogP contribution in [0.4, 0.5) is 0 Å². The highest BCUT2D eigenvalue weighted by Crippen LogP contribution is 2.23. The third kappa shape index (κ3) is 3.47. The molecule has 1 atom stereocenters. The first-order chi connectivity index (χ1) is 8.22. The lowest BCUT2D eigenvalue weighted by molar-refractivity contribution is -0.139. The molecule has 1 aromatic rings. The molecule has 0 saturated heterocycles. The molecule has 0 heterocycles.